The second-order valence-electron chi connectivity index (χ2n) is 2.18. The topological polar surface area (TPSA) is 76.1 Å². The van der Waals surface area contributed by atoms with Gasteiger partial charge >= 0.3 is 0 Å². The number of rotatable bonds is 0. The van der Waals surface area contributed by atoms with E-state index < -0.39 is 0 Å². The zero-order valence-corrected chi connectivity index (χ0v) is 11.1. The van der Waals surface area contributed by atoms with Crippen molar-refractivity contribution in [2.75, 3.05) is 26.2 Å². The summed E-state index contributed by atoms with van der Waals surface area (Å²) in [5.74, 6) is 0. The largest absolute Gasteiger partial charge is 0.385 e. The van der Waals surface area contributed by atoms with E-state index in [0.717, 1.165) is 26.2 Å². The molecule has 6 N–H and O–H groups in total. The van der Waals surface area contributed by atoms with E-state index in [-0.39, 0.29) is 8.64 Å². The lowest BCUT2D eigenvalue weighted by Crippen LogP contribution is -2.39. The van der Waals surface area contributed by atoms with E-state index in [1.807, 2.05) is 0 Å². The fourth-order valence-corrected chi connectivity index (χ4v) is 0.604. The Morgan fingerprint density at radius 2 is 1.00 bits per heavy atom. The van der Waals surface area contributed by atoms with Crippen LogP contribution in [-0.4, -0.2) is 34.8 Å². The van der Waals surface area contributed by atoms with Gasteiger partial charge in [-0.2, -0.15) is 0 Å². The van der Waals surface area contributed by atoms with Crippen LogP contribution in [0.3, 0.4) is 0 Å². The average molecular weight is 272 g/mol. The summed E-state index contributed by atoms with van der Waals surface area (Å²) in [5.41, 5.74) is 9.41. The molecule has 1 saturated heterocycles. The fourth-order valence-electron chi connectivity index (χ4n) is 0.604. The lowest BCUT2D eigenvalue weighted by atomic mass is 10.4. The Morgan fingerprint density at radius 1 is 0.857 bits per heavy atom. The second-order valence-corrected chi connectivity index (χ2v) is 4.62. The van der Waals surface area contributed by atoms with E-state index in [4.69, 9.17) is 11.5 Å². The number of thiocarbonyl (C=S) groups is 2. The lowest BCUT2D eigenvalue weighted by molar-refractivity contribution is 0.534. The summed E-state index contributed by atoms with van der Waals surface area (Å²) in [6, 6.07) is 0. The Balaban J connectivity index is 0. The van der Waals surface area contributed by atoms with Crippen LogP contribution in [0.5, 0.6) is 0 Å². The predicted octanol–water partition coefficient (Wildman–Crippen LogP) is -0.501. The van der Waals surface area contributed by atoms with Crippen LogP contribution in [0, 0.1) is 0 Å². The van der Waals surface area contributed by atoms with E-state index in [0.29, 0.717) is 0 Å². The van der Waals surface area contributed by atoms with Gasteiger partial charge in [-0.25, -0.2) is 0 Å². The SMILES string of the molecule is C1CNCCN1.NC(=S)S.NC(=S)S. The highest BCUT2D eigenvalue weighted by molar-refractivity contribution is 8.11. The first kappa shape index (κ1) is 16.8. The van der Waals surface area contributed by atoms with Crippen LogP contribution in [0.2, 0.25) is 0 Å². The molecule has 0 bridgehead atoms. The highest BCUT2D eigenvalue weighted by Gasteiger charge is 1.91. The van der Waals surface area contributed by atoms with Gasteiger partial charge in [0.25, 0.3) is 0 Å². The Labute approximate surface area is 106 Å². The minimum atomic E-state index is 0.194. The van der Waals surface area contributed by atoms with Crippen molar-refractivity contribution in [3.63, 3.8) is 0 Å². The number of piperazine rings is 1. The zero-order chi connectivity index (χ0) is 11.4. The molecule has 1 fully saturated rings. The zero-order valence-electron chi connectivity index (χ0n) is 7.69. The number of thiol groups is 2. The first-order chi connectivity index (χ1) is 6.46. The maximum Gasteiger partial charge on any atom is 0.128 e. The summed E-state index contributed by atoms with van der Waals surface area (Å²) < 4.78 is 0.389. The summed E-state index contributed by atoms with van der Waals surface area (Å²) in [6.45, 7) is 4.56. The molecular weight excluding hydrogens is 256 g/mol. The highest BCUT2D eigenvalue weighted by atomic mass is 32.1. The van der Waals surface area contributed by atoms with Crippen LogP contribution >= 0.6 is 49.7 Å². The summed E-state index contributed by atoms with van der Waals surface area (Å²) in [4.78, 5) is 0. The van der Waals surface area contributed by atoms with Crippen molar-refractivity contribution in [1.29, 1.82) is 0 Å². The van der Waals surface area contributed by atoms with Crippen molar-refractivity contribution >= 4 is 58.3 Å². The third-order valence-corrected chi connectivity index (χ3v) is 0.957. The van der Waals surface area contributed by atoms with Crippen LogP contribution in [-0.2, 0) is 0 Å². The molecule has 84 valence electrons. The van der Waals surface area contributed by atoms with Gasteiger partial charge in [-0.05, 0) is 0 Å². The van der Waals surface area contributed by atoms with Crippen molar-refractivity contribution < 1.29 is 0 Å². The molecule has 0 unspecified atom stereocenters. The highest BCUT2D eigenvalue weighted by Crippen LogP contribution is 1.65. The van der Waals surface area contributed by atoms with Gasteiger partial charge in [-0.15, -0.1) is 25.3 Å². The van der Waals surface area contributed by atoms with Crippen LogP contribution in [0.4, 0.5) is 0 Å². The summed E-state index contributed by atoms with van der Waals surface area (Å²) in [7, 11) is 0. The van der Waals surface area contributed by atoms with E-state index in [1.165, 1.54) is 0 Å². The van der Waals surface area contributed by atoms with Crippen LogP contribution in [0.15, 0.2) is 0 Å². The smallest absolute Gasteiger partial charge is 0.128 e. The second kappa shape index (κ2) is 13.4. The first-order valence-electron chi connectivity index (χ1n) is 3.85. The molecule has 14 heavy (non-hydrogen) atoms. The van der Waals surface area contributed by atoms with Crippen LogP contribution < -0.4 is 22.1 Å². The van der Waals surface area contributed by atoms with Crippen LogP contribution in [0.25, 0.3) is 0 Å². The number of hydrogen-bond acceptors (Lipinski definition) is 4. The van der Waals surface area contributed by atoms with Gasteiger partial charge in [-0.1, -0.05) is 24.4 Å². The standard InChI is InChI=1S/C4H10N2.2CH3NS2/c1-2-6-4-3-5-1;2*2-1(3)4/h5-6H,1-4H2;2*(H3,2,3,4). The number of nitrogens with one attached hydrogen (secondary N) is 2. The van der Waals surface area contributed by atoms with Crippen molar-refractivity contribution in [2.24, 2.45) is 11.5 Å². The molecule has 0 aromatic heterocycles. The van der Waals surface area contributed by atoms with Crippen molar-refractivity contribution in [2.45, 2.75) is 0 Å². The molecule has 8 heteroatoms. The van der Waals surface area contributed by atoms with Crippen molar-refractivity contribution in [3.8, 4) is 0 Å². The quantitative estimate of drug-likeness (QED) is 0.264. The maximum absolute atomic E-state index is 4.71. The van der Waals surface area contributed by atoms with Crippen molar-refractivity contribution in [1.82, 2.24) is 10.6 Å². The summed E-state index contributed by atoms with van der Waals surface area (Å²) in [6.07, 6.45) is 0. The van der Waals surface area contributed by atoms with E-state index >= 15 is 0 Å². The Morgan fingerprint density at radius 3 is 1.07 bits per heavy atom. The molecule has 1 aliphatic heterocycles. The summed E-state index contributed by atoms with van der Waals surface area (Å²) in [5, 5.41) is 6.44. The fraction of sp³-hybridized carbons (Fsp3) is 0.667. The molecule has 1 rings (SSSR count). The molecule has 0 aliphatic carbocycles. The Hall–Kier alpha value is 0.400. The molecular formula is C6H16N4S4. The molecule has 1 heterocycles. The molecule has 0 atom stereocenters. The molecule has 0 saturated carbocycles. The third-order valence-electron chi connectivity index (χ3n) is 0.957. The Bertz CT molecular complexity index is 128. The molecule has 4 nitrogen and oxygen atoms in total. The van der Waals surface area contributed by atoms with Gasteiger partial charge in [-0.3, -0.25) is 0 Å². The van der Waals surface area contributed by atoms with Gasteiger partial charge in [0.05, 0.1) is 0 Å². The molecule has 0 spiro atoms. The molecule has 0 amide bonds. The minimum Gasteiger partial charge on any atom is -0.385 e. The van der Waals surface area contributed by atoms with Crippen LogP contribution in [0.1, 0.15) is 0 Å². The molecule has 0 aromatic rings. The molecule has 0 aromatic carbocycles. The molecule has 1 aliphatic rings. The first-order valence-corrected chi connectivity index (χ1v) is 5.56. The third kappa shape index (κ3) is 39.3. The Kier molecular flexibility index (Phi) is 16.1. The van der Waals surface area contributed by atoms with E-state index in [1.54, 1.807) is 0 Å². The van der Waals surface area contributed by atoms with Gasteiger partial charge in [0.1, 0.15) is 8.64 Å². The predicted molar refractivity (Wildman–Crippen MR) is 77.3 cm³/mol. The van der Waals surface area contributed by atoms with Gasteiger partial charge in [0.15, 0.2) is 0 Å². The average Bonchev–Trinajstić information content (AvgIpc) is 2.05. The van der Waals surface area contributed by atoms with E-state index in [9.17, 15) is 0 Å². The van der Waals surface area contributed by atoms with Gasteiger partial charge < -0.3 is 22.1 Å². The molecule has 0 radical (unpaired) electrons. The summed E-state index contributed by atoms with van der Waals surface area (Å²) >= 11 is 15.3. The van der Waals surface area contributed by atoms with Gasteiger partial charge in [0, 0.05) is 26.2 Å². The van der Waals surface area contributed by atoms with Crippen molar-refractivity contribution in [3.05, 3.63) is 0 Å². The normalized spacial score (nSPS) is 13.9. The minimum absolute atomic E-state index is 0.194. The number of hydrogen-bond donors (Lipinski definition) is 6. The van der Waals surface area contributed by atoms with E-state index in [2.05, 4.69) is 60.3 Å². The number of nitrogens with two attached hydrogens (primary N) is 2. The maximum atomic E-state index is 4.71. The lowest BCUT2D eigenvalue weighted by Gasteiger charge is -2.11. The monoisotopic (exact) mass is 272 g/mol. The van der Waals surface area contributed by atoms with Gasteiger partial charge in [0.2, 0.25) is 0 Å².